The molecular formula is C30H25ClN4O4S. The molecule has 1 aromatic heterocycles. The van der Waals surface area contributed by atoms with Crippen molar-refractivity contribution in [3.05, 3.63) is 113 Å². The third kappa shape index (κ3) is 4.71. The first-order valence-electron chi connectivity index (χ1n) is 12.8. The topological polar surface area (TPSA) is 90.9 Å². The molecule has 0 atom stereocenters. The first-order valence-corrected chi connectivity index (χ1v) is 14.7. The van der Waals surface area contributed by atoms with Gasteiger partial charge in [-0.25, -0.2) is 13.4 Å². The van der Waals surface area contributed by atoms with Gasteiger partial charge in [-0.3, -0.25) is 9.59 Å². The summed E-state index contributed by atoms with van der Waals surface area (Å²) >= 11 is 6.06. The number of pyridine rings is 1. The van der Waals surface area contributed by atoms with E-state index in [4.69, 9.17) is 11.6 Å². The molecule has 10 heteroatoms. The van der Waals surface area contributed by atoms with Crippen molar-refractivity contribution in [1.82, 2.24) is 9.88 Å². The molecule has 2 amide bonds. The summed E-state index contributed by atoms with van der Waals surface area (Å²) in [5.41, 5.74) is 1.35. The van der Waals surface area contributed by atoms with Gasteiger partial charge >= 0.3 is 0 Å². The van der Waals surface area contributed by atoms with E-state index >= 15 is 0 Å². The van der Waals surface area contributed by atoms with Gasteiger partial charge in [0.25, 0.3) is 11.8 Å². The van der Waals surface area contributed by atoms with Crippen molar-refractivity contribution in [2.45, 2.75) is 16.3 Å². The number of hydrogen-bond donors (Lipinski definition) is 0. The molecule has 8 nitrogen and oxygen atoms in total. The van der Waals surface area contributed by atoms with Gasteiger partial charge in [0.05, 0.1) is 27.6 Å². The number of benzene rings is 3. The fourth-order valence-corrected chi connectivity index (χ4v) is 6.89. The average Bonchev–Trinajstić information content (AvgIpc) is 3.06. The molecule has 3 aromatic carbocycles. The SMILES string of the molecule is O=C(c1ccc2c(c1)N(Cc1ccc(Cl)cc1)C(=O)c1ccccc1S2(=O)=O)N1CCN(c2ccccn2)CC1. The Hall–Kier alpha value is -4.21. The van der Waals surface area contributed by atoms with Crippen LogP contribution in [0.3, 0.4) is 0 Å². The second-order valence-corrected chi connectivity index (χ2v) is 12.0. The van der Waals surface area contributed by atoms with Crippen LogP contribution in [0, 0.1) is 0 Å². The first-order chi connectivity index (χ1) is 19.3. The van der Waals surface area contributed by atoms with Crippen LogP contribution in [0.2, 0.25) is 5.02 Å². The van der Waals surface area contributed by atoms with Crippen molar-refractivity contribution in [2.75, 3.05) is 36.0 Å². The second-order valence-electron chi connectivity index (χ2n) is 9.67. The van der Waals surface area contributed by atoms with Gasteiger partial charge in [0.15, 0.2) is 0 Å². The number of nitrogens with zero attached hydrogens (tertiary/aromatic N) is 4. The fourth-order valence-electron chi connectivity index (χ4n) is 5.13. The van der Waals surface area contributed by atoms with Gasteiger partial charge in [0.2, 0.25) is 9.84 Å². The van der Waals surface area contributed by atoms with E-state index in [1.165, 1.54) is 35.2 Å². The molecule has 0 spiro atoms. The van der Waals surface area contributed by atoms with E-state index in [0.717, 1.165) is 11.4 Å². The van der Waals surface area contributed by atoms with Crippen LogP contribution >= 0.6 is 11.6 Å². The summed E-state index contributed by atoms with van der Waals surface area (Å²) < 4.78 is 27.5. The number of rotatable bonds is 4. The van der Waals surface area contributed by atoms with E-state index in [1.807, 2.05) is 18.2 Å². The quantitative estimate of drug-likeness (QED) is 0.352. The van der Waals surface area contributed by atoms with Crippen LogP contribution in [-0.4, -0.2) is 56.3 Å². The van der Waals surface area contributed by atoms with E-state index < -0.39 is 15.7 Å². The van der Waals surface area contributed by atoms with Crippen molar-refractivity contribution in [1.29, 1.82) is 0 Å². The van der Waals surface area contributed by atoms with E-state index in [0.29, 0.717) is 36.8 Å². The van der Waals surface area contributed by atoms with Gasteiger partial charge in [0, 0.05) is 43.0 Å². The third-order valence-electron chi connectivity index (χ3n) is 7.23. The Morgan fingerprint density at radius 3 is 2.30 bits per heavy atom. The lowest BCUT2D eigenvalue weighted by molar-refractivity contribution is 0.0746. The number of anilines is 2. The molecular weight excluding hydrogens is 548 g/mol. The molecule has 0 unspecified atom stereocenters. The molecule has 3 heterocycles. The molecule has 0 bridgehead atoms. The minimum atomic E-state index is -4.03. The Balaban J connectivity index is 1.36. The Kier molecular flexibility index (Phi) is 6.77. The summed E-state index contributed by atoms with van der Waals surface area (Å²) in [7, 11) is -4.03. The first kappa shape index (κ1) is 26.0. The van der Waals surface area contributed by atoms with Crippen LogP contribution in [0.15, 0.2) is 101 Å². The molecule has 1 saturated heterocycles. The smallest absolute Gasteiger partial charge is 0.259 e. The number of hydrogen-bond acceptors (Lipinski definition) is 6. The van der Waals surface area contributed by atoms with E-state index in [9.17, 15) is 18.0 Å². The molecule has 4 aromatic rings. The molecule has 2 aliphatic rings. The highest BCUT2D eigenvalue weighted by Gasteiger charge is 2.36. The maximum atomic E-state index is 13.8. The molecule has 0 radical (unpaired) electrons. The van der Waals surface area contributed by atoms with Crippen LogP contribution in [0.4, 0.5) is 11.5 Å². The summed E-state index contributed by atoms with van der Waals surface area (Å²) in [5, 5.41) is 0.551. The van der Waals surface area contributed by atoms with Crippen LogP contribution in [-0.2, 0) is 16.4 Å². The predicted octanol–water partition coefficient (Wildman–Crippen LogP) is 4.69. The monoisotopic (exact) mass is 572 g/mol. The highest BCUT2D eigenvalue weighted by molar-refractivity contribution is 7.91. The lowest BCUT2D eigenvalue weighted by Gasteiger charge is -2.35. The Bertz CT molecular complexity index is 1700. The van der Waals surface area contributed by atoms with Crippen molar-refractivity contribution in [3.8, 4) is 0 Å². The molecule has 0 saturated carbocycles. The third-order valence-corrected chi connectivity index (χ3v) is 9.34. The minimum Gasteiger partial charge on any atom is -0.353 e. The van der Waals surface area contributed by atoms with Crippen molar-refractivity contribution in [3.63, 3.8) is 0 Å². The normalized spacial score (nSPS) is 16.2. The Morgan fingerprint density at radius 1 is 0.850 bits per heavy atom. The Morgan fingerprint density at radius 2 is 1.57 bits per heavy atom. The number of carbonyl (C=O) groups is 2. The standard InChI is InChI=1S/C30H25ClN4O4S/c31-23-11-8-21(9-12-23)20-35-25-19-22(29(36)34-17-15-33(16-18-34)28-7-3-4-14-32-28)10-13-27(25)40(38,39)26-6-2-1-5-24(26)30(35)37/h1-14,19H,15-18,20H2. The maximum Gasteiger partial charge on any atom is 0.259 e. The number of fused-ring (bicyclic) bond motifs is 2. The summed E-state index contributed by atoms with van der Waals surface area (Å²) in [6, 6.07) is 23.4. The second kappa shape index (κ2) is 10.4. The number of carbonyl (C=O) groups excluding carboxylic acids is 2. The van der Waals surface area contributed by atoms with Crippen molar-refractivity contribution >= 4 is 44.8 Å². The van der Waals surface area contributed by atoms with Crippen LogP contribution in [0.5, 0.6) is 0 Å². The molecule has 202 valence electrons. The molecule has 1 fully saturated rings. The van der Waals surface area contributed by atoms with Crippen LogP contribution in [0.25, 0.3) is 0 Å². The lowest BCUT2D eigenvalue weighted by atomic mass is 10.1. The number of sulfone groups is 1. The zero-order valence-electron chi connectivity index (χ0n) is 21.4. The van der Waals surface area contributed by atoms with E-state index in [1.54, 1.807) is 47.5 Å². The molecule has 6 rings (SSSR count). The van der Waals surface area contributed by atoms with Crippen LogP contribution in [0.1, 0.15) is 26.3 Å². The van der Waals surface area contributed by atoms with Crippen molar-refractivity contribution in [2.24, 2.45) is 0 Å². The van der Waals surface area contributed by atoms with Crippen LogP contribution < -0.4 is 9.80 Å². The van der Waals surface area contributed by atoms with Gasteiger partial charge in [0.1, 0.15) is 5.82 Å². The predicted molar refractivity (Wildman–Crippen MR) is 153 cm³/mol. The van der Waals surface area contributed by atoms with E-state index in [-0.39, 0.29) is 33.5 Å². The molecule has 40 heavy (non-hydrogen) atoms. The molecule has 2 aliphatic heterocycles. The Labute approximate surface area is 237 Å². The van der Waals surface area contributed by atoms with Gasteiger partial charge < -0.3 is 14.7 Å². The molecule has 0 N–H and O–H groups in total. The van der Waals surface area contributed by atoms with Gasteiger partial charge in [-0.2, -0.15) is 0 Å². The highest BCUT2D eigenvalue weighted by Crippen LogP contribution is 2.38. The lowest BCUT2D eigenvalue weighted by Crippen LogP contribution is -2.49. The fraction of sp³-hybridized carbons (Fsp3) is 0.167. The van der Waals surface area contributed by atoms with Gasteiger partial charge in [-0.1, -0.05) is 41.9 Å². The summed E-state index contributed by atoms with van der Waals surface area (Å²) in [6.07, 6.45) is 1.74. The maximum absolute atomic E-state index is 13.8. The zero-order valence-corrected chi connectivity index (χ0v) is 23.0. The van der Waals surface area contributed by atoms with Crippen molar-refractivity contribution < 1.29 is 18.0 Å². The largest absolute Gasteiger partial charge is 0.353 e. The summed E-state index contributed by atoms with van der Waals surface area (Å²) in [5.74, 6) is 0.184. The average molecular weight is 573 g/mol. The molecule has 0 aliphatic carbocycles. The summed E-state index contributed by atoms with van der Waals surface area (Å²) in [4.78, 5) is 37.1. The minimum absolute atomic E-state index is 0.0173. The highest BCUT2D eigenvalue weighted by atomic mass is 35.5. The number of piperazine rings is 1. The number of aromatic nitrogens is 1. The zero-order chi connectivity index (χ0) is 27.9. The van der Waals surface area contributed by atoms with E-state index in [2.05, 4.69) is 9.88 Å². The summed E-state index contributed by atoms with van der Waals surface area (Å²) in [6.45, 7) is 2.33. The number of amides is 2. The van der Waals surface area contributed by atoms with Gasteiger partial charge in [-0.05, 0) is 60.2 Å². The van der Waals surface area contributed by atoms with Gasteiger partial charge in [-0.15, -0.1) is 0 Å². The number of halogens is 1.